The summed E-state index contributed by atoms with van der Waals surface area (Å²) in [5.74, 6) is 2.96. The second kappa shape index (κ2) is 3.40. The molecule has 0 spiro atoms. The Kier molecular flexibility index (Phi) is 2.50. The van der Waals surface area contributed by atoms with Gasteiger partial charge in [-0.1, -0.05) is 0 Å². The summed E-state index contributed by atoms with van der Waals surface area (Å²) in [5, 5.41) is 0. The summed E-state index contributed by atoms with van der Waals surface area (Å²) in [6.45, 7) is 0. The van der Waals surface area contributed by atoms with E-state index in [1.807, 2.05) is 0 Å². The van der Waals surface area contributed by atoms with Gasteiger partial charge in [-0.3, -0.25) is 0 Å². The first kappa shape index (κ1) is 8.09. The average Bonchev–Trinajstić information content (AvgIpc) is 2.05. The van der Waals surface area contributed by atoms with E-state index in [9.17, 15) is 0 Å². The Morgan fingerprint density at radius 2 is 2.36 bits per heavy atom. The molecular formula is C8H6BrNO. The van der Waals surface area contributed by atoms with E-state index in [1.165, 1.54) is 0 Å². The molecule has 11 heavy (non-hydrogen) atoms. The fourth-order valence-electron chi connectivity index (χ4n) is 0.639. The molecule has 0 fully saturated rings. The van der Waals surface area contributed by atoms with Crippen molar-refractivity contribution in [2.24, 2.45) is 0 Å². The fourth-order valence-corrected chi connectivity index (χ4v) is 0.974. The Morgan fingerprint density at radius 3 is 2.91 bits per heavy atom. The van der Waals surface area contributed by atoms with Crippen LogP contribution in [0.3, 0.4) is 0 Å². The highest BCUT2D eigenvalue weighted by Crippen LogP contribution is 2.16. The Labute approximate surface area is 73.7 Å². The third-order valence-electron chi connectivity index (χ3n) is 1.17. The summed E-state index contributed by atoms with van der Waals surface area (Å²) in [6, 6.07) is 3.55. The molecule has 1 heterocycles. The molecule has 1 aromatic heterocycles. The highest BCUT2D eigenvalue weighted by atomic mass is 79.9. The summed E-state index contributed by atoms with van der Waals surface area (Å²) < 4.78 is 5.69. The second-order valence-electron chi connectivity index (χ2n) is 1.83. The Bertz CT molecular complexity index is 303. The van der Waals surface area contributed by atoms with Crippen molar-refractivity contribution in [1.82, 2.24) is 4.98 Å². The lowest BCUT2D eigenvalue weighted by molar-refractivity contribution is 0.397. The number of nitrogens with zero attached hydrogens (tertiary/aromatic N) is 1. The Balaban J connectivity index is 3.15. The molecule has 0 aromatic carbocycles. The first-order chi connectivity index (χ1) is 5.27. The third kappa shape index (κ3) is 1.72. The number of aromatic nitrogens is 1. The highest BCUT2D eigenvalue weighted by molar-refractivity contribution is 9.10. The van der Waals surface area contributed by atoms with E-state index in [2.05, 4.69) is 26.8 Å². The van der Waals surface area contributed by atoms with Crippen molar-refractivity contribution in [3.63, 3.8) is 0 Å². The molecule has 0 unspecified atom stereocenters. The molecular weight excluding hydrogens is 206 g/mol. The fraction of sp³-hybridized carbons (Fsp3) is 0.125. The predicted octanol–water partition coefficient (Wildman–Crippen LogP) is 1.83. The van der Waals surface area contributed by atoms with E-state index in [1.54, 1.807) is 19.2 Å². The van der Waals surface area contributed by atoms with Gasteiger partial charge < -0.3 is 4.74 Å². The van der Waals surface area contributed by atoms with Crippen LogP contribution in [0.25, 0.3) is 0 Å². The summed E-state index contributed by atoms with van der Waals surface area (Å²) in [6.07, 6.45) is 5.18. The van der Waals surface area contributed by atoms with Crippen molar-refractivity contribution in [2.45, 2.75) is 0 Å². The van der Waals surface area contributed by atoms with Crippen LogP contribution < -0.4 is 4.74 Å². The van der Waals surface area contributed by atoms with Gasteiger partial charge in [0.1, 0.15) is 5.69 Å². The smallest absolute Gasteiger partial charge is 0.214 e. The molecule has 0 saturated heterocycles. The lowest BCUT2D eigenvalue weighted by Crippen LogP contribution is -1.90. The van der Waals surface area contributed by atoms with E-state index in [0.717, 1.165) is 4.47 Å². The molecule has 0 amide bonds. The number of rotatable bonds is 1. The van der Waals surface area contributed by atoms with Crippen LogP contribution >= 0.6 is 15.9 Å². The molecule has 2 nitrogen and oxygen atoms in total. The number of pyridine rings is 1. The minimum Gasteiger partial charge on any atom is -0.481 e. The van der Waals surface area contributed by atoms with Gasteiger partial charge in [0.05, 0.1) is 11.6 Å². The van der Waals surface area contributed by atoms with Crippen molar-refractivity contribution in [1.29, 1.82) is 0 Å². The summed E-state index contributed by atoms with van der Waals surface area (Å²) in [5.41, 5.74) is 0.560. The minimum absolute atomic E-state index is 0.529. The standard InChI is InChI=1S/C8H6BrNO/c1-3-7-6(9)4-5-8(10-7)11-2/h1,4-5H,2H3. The summed E-state index contributed by atoms with van der Waals surface area (Å²) in [7, 11) is 1.55. The van der Waals surface area contributed by atoms with Gasteiger partial charge in [-0.25, -0.2) is 4.98 Å². The topological polar surface area (TPSA) is 22.1 Å². The molecule has 0 aliphatic heterocycles. The van der Waals surface area contributed by atoms with Gasteiger partial charge in [0.25, 0.3) is 0 Å². The molecule has 0 saturated carbocycles. The van der Waals surface area contributed by atoms with E-state index >= 15 is 0 Å². The normalized spacial score (nSPS) is 8.82. The average molecular weight is 212 g/mol. The Morgan fingerprint density at radius 1 is 1.64 bits per heavy atom. The van der Waals surface area contributed by atoms with E-state index < -0.39 is 0 Å². The largest absolute Gasteiger partial charge is 0.481 e. The van der Waals surface area contributed by atoms with Crippen molar-refractivity contribution >= 4 is 15.9 Å². The number of ether oxygens (including phenoxy) is 1. The molecule has 0 aliphatic rings. The van der Waals surface area contributed by atoms with Crippen LogP contribution in [0.2, 0.25) is 0 Å². The predicted molar refractivity (Wildman–Crippen MR) is 46.4 cm³/mol. The third-order valence-corrected chi connectivity index (χ3v) is 1.81. The molecule has 1 aromatic rings. The molecule has 0 bridgehead atoms. The lowest BCUT2D eigenvalue weighted by atomic mass is 10.4. The zero-order chi connectivity index (χ0) is 8.27. The van der Waals surface area contributed by atoms with Gasteiger partial charge in [0.2, 0.25) is 5.88 Å². The van der Waals surface area contributed by atoms with E-state index in [4.69, 9.17) is 11.2 Å². The zero-order valence-corrected chi connectivity index (χ0v) is 7.55. The molecule has 0 N–H and O–H groups in total. The second-order valence-corrected chi connectivity index (χ2v) is 2.68. The maximum atomic E-state index is 5.18. The number of terminal acetylenes is 1. The SMILES string of the molecule is C#Cc1nc(OC)ccc1Br. The molecule has 0 radical (unpaired) electrons. The maximum absolute atomic E-state index is 5.18. The van der Waals surface area contributed by atoms with Crippen molar-refractivity contribution < 1.29 is 4.74 Å². The van der Waals surface area contributed by atoms with Crippen LogP contribution in [-0.4, -0.2) is 12.1 Å². The van der Waals surface area contributed by atoms with E-state index in [0.29, 0.717) is 11.6 Å². The number of halogens is 1. The van der Waals surface area contributed by atoms with Crippen LogP contribution in [0.4, 0.5) is 0 Å². The Hall–Kier alpha value is -1.01. The van der Waals surface area contributed by atoms with Crippen molar-refractivity contribution in [3.05, 3.63) is 22.3 Å². The van der Waals surface area contributed by atoms with Gasteiger partial charge in [-0.15, -0.1) is 6.42 Å². The van der Waals surface area contributed by atoms with Crippen LogP contribution in [0, 0.1) is 12.3 Å². The quantitative estimate of drug-likeness (QED) is 0.662. The van der Waals surface area contributed by atoms with Crippen LogP contribution in [0.1, 0.15) is 5.69 Å². The summed E-state index contributed by atoms with van der Waals surface area (Å²) >= 11 is 3.26. The van der Waals surface area contributed by atoms with Gasteiger partial charge in [0, 0.05) is 6.07 Å². The van der Waals surface area contributed by atoms with Gasteiger partial charge in [-0.2, -0.15) is 0 Å². The van der Waals surface area contributed by atoms with Gasteiger partial charge in [-0.05, 0) is 27.9 Å². The molecule has 56 valence electrons. The zero-order valence-electron chi connectivity index (χ0n) is 5.97. The molecule has 0 atom stereocenters. The van der Waals surface area contributed by atoms with Crippen molar-refractivity contribution in [2.75, 3.05) is 7.11 Å². The monoisotopic (exact) mass is 211 g/mol. The molecule has 1 rings (SSSR count). The van der Waals surface area contributed by atoms with Crippen LogP contribution in [-0.2, 0) is 0 Å². The van der Waals surface area contributed by atoms with Crippen LogP contribution in [0.15, 0.2) is 16.6 Å². The van der Waals surface area contributed by atoms with E-state index in [-0.39, 0.29) is 0 Å². The maximum Gasteiger partial charge on any atom is 0.214 e. The summed E-state index contributed by atoms with van der Waals surface area (Å²) in [4.78, 5) is 4.00. The number of methoxy groups -OCH3 is 1. The first-order valence-electron chi connectivity index (χ1n) is 2.95. The van der Waals surface area contributed by atoms with Gasteiger partial charge >= 0.3 is 0 Å². The minimum atomic E-state index is 0.529. The number of hydrogen-bond donors (Lipinski definition) is 0. The van der Waals surface area contributed by atoms with Crippen LogP contribution in [0.5, 0.6) is 5.88 Å². The highest BCUT2D eigenvalue weighted by Gasteiger charge is 1.99. The first-order valence-corrected chi connectivity index (χ1v) is 3.74. The molecule has 3 heteroatoms. The number of hydrogen-bond acceptors (Lipinski definition) is 2. The lowest BCUT2D eigenvalue weighted by Gasteiger charge is -1.99. The molecule has 0 aliphatic carbocycles. The van der Waals surface area contributed by atoms with Crippen molar-refractivity contribution in [3.8, 4) is 18.2 Å². The van der Waals surface area contributed by atoms with Gasteiger partial charge in [0.15, 0.2) is 0 Å².